The van der Waals surface area contributed by atoms with Crippen LogP contribution in [0, 0.1) is 0 Å². The van der Waals surface area contributed by atoms with E-state index in [0.29, 0.717) is 0 Å². The number of rotatable bonds is 10. The number of nitrogens with zero attached hydrogens (tertiary/aromatic N) is 2. The Bertz CT molecular complexity index is 4170. The van der Waals surface area contributed by atoms with Crippen LogP contribution in [0.5, 0.6) is 0 Å². The fraction of sp³-hybridized carbons (Fsp3) is 0.0137. The molecule has 352 valence electrons. The predicted molar refractivity (Wildman–Crippen MR) is 317 cm³/mol. The molecule has 0 unspecified atom stereocenters. The molecule has 0 aromatic heterocycles. The lowest BCUT2D eigenvalue weighted by atomic mass is 9.65. The van der Waals surface area contributed by atoms with Crippen molar-refractivity contribution < 1.29 is 0 Å². The Kier molecular flexibility index (Phi) is 10.8. The van der Waals surface area contributed by atoms with Gasteiger partial charge in [0.2, 0.25) is 0 Å². The molecule has 1 aliphatic rings. The maximum Gasteiger partial charge on any atom is 0.0725 e. The molecule has 75 heavy (non-hydrogen) atoms. The molecule has 0 amide bonds. The van der Waals surface area contributed by atoms with Crippen LogP contribution in [0.15, 0.2) is 303 Å². The van der Waals surface area contributed by atoms with Crippen molar-refractivity contribution in [3.05, 3.63) is 326 Å². The highest BCUT2D eigenvalue weighted by molar-refractivity contribution is 6.21. The van der Waals surface area contributed by atoms with Crippen LogP contribution >= 0.6 is 0 Å². The SMILES string of the molecule is c1ccc(-c2cccc(N(c3ccccc3)c3ccc4c5c(ccc4c3)-c3c(c4ccc(N(c6ccccc6)c6cccc(-c7ccccc7)c6)cc4c4ccccc34)C5(c3ccccc3)c3ccccc3)c2)cc1. The second-order valence-electron chi connectivity index (χ2n) is 19.6. The molecule has 0 atom stereocenters. The Labute approximate surface area is 438 Å². The molecule has 2 heteroatoms. The Morgan fingerprint density at radius 1 is 0.227 bits per heavy atom. The quantitative estimate of drug-likeness (QED) is 0.126. The van der Waals surface area contributed by atoms with Crippen LogP contribution in [0.1, 0.15) is 22.3 Å². The van der Waals surface area contributed by atoms with Gasteiger partial charge in [-0.15, -0.1) is 0 Å². The first-order chi connectivity index (χ1) is 37.2. The zero-order chi connectivity index (χ0) is 49.7. The smallest absolute Gasteiger partial charge is 0.0725 e. The highest BCUT2D eigenvalue weighted by Crippen LogP contribution is 2.62. The van der Waals surface area contributed by atoms with Crippen LogP contribution < -0.4 is 9.80 Å². The third-order valence-electron chi connectivity index (χ3n) is 15.4. The summed E-state index contributed by atoms with van der Waals surface area (Å²) in [5.41, 5.74) is 18.3. The zero-order valence-electron chi connectivity index (χ0n) is 41.3. The molecule has 0 aliphatic heterocycles. The minimum atomic E-state index is -0.690. The molecule has 14 rings (SSSR count). The van der Waals surface area contributed by atoms with Crippen molar-refractivity contribution in [2.45, 2.75) is 5.41 Å². The molecule has 0 spiro atoms. The molecule has 0 saturated carbocycles. The molecule has 0 radical (unpaired) electrons. The van der Waals surface area contributed by atoms with Gasteiger partial charge < -0.3 is 9.80 Å². The van der Waals surface area contributed by atoms with E-state index in [-0.39, 0.29) is 0 Å². The normalized spacial score (nSPS) is 12.4. The fourth-order valence-electron chi connectivity index (χ4n) is 12.3. The minimum Gasteiger partial charge on any atom is -0.310 e. The van der Waals surface area contributed by atoms with E-state index in [1.165, 1.54) is 88.0 Å². The molecule has 0 fully saturated rings. The monoisotopic (exact) mass is 954 g/mol. The Balaban J connectivity index is 1.03. The number of benzene rings is 13. The number of hydrogen-bond acceptors (Lipinski definition) is 2. The van der Waals surface area contributed by atoms with Crippen molar-refractivity contribution in [2.75, 3.05) is 9.80 Å². The second kappa shape index (κ2) is 18.4. The van der Waals surface area contributed by atoms with Gasteiger partial charge in [0.25, 0.3) is 0 Å². The van der Waals surface area contributed by atoms with Gasteiger partial charge in [0.1, 0.15) is 0 Å². The summed E-state index contributed by atoms with van der Waals surface area (Å²) in [5.74, 6) is 0. The van der Waals surface area contributed by atoms with Gasteiger partial charge in [-0.3, -0.25) is 0 Å². The number of fused-ring (bicyclic) bond motifs is 10. The van der Waals surface area contributed by atoms with Crippen molar-refractivity contribution in [2.24, 2.45) is 0 Å². The number of hydrogen-bond donors (Lipinski definition) is 0. The third-order valence-corrected chi connectivity index (χ3v) is 15.4. The Morgan fingerprint density at radius 3 is 1.17 bits per heavy atom. The van der Waals surface area contributed by atoms with E-state index in [1.807, 2.05) is 0 Å². The van der Waals surface area contributed by atoms with Gasteiger partial charge in [-0.2, -0.15) is 0 Å². The van der Waals surface area contributed by atoms with Crippen LogP contribution in [0.4, 0.5) is 34.1 Å². The van der Waals surface area contributed by atoms with Crippen molar-refractivity contribution in [3.63, 3.8) is 0 Å². The summed E-state index contributed by atoms with van der Waals surface area (Å²) in [7, 11) is 0. The molecule has 1 aliphatic carbocycles. The Hall–Kier alpha value is -9.76. The molecular weight excluding hydrogens is 905 g/mol. The lowest BCUT2D eigenvalue weighted by molar-refractivity contribution is 0.783. The third kappa shape index (κ3) is 7.33. The molecule has 0 N–H and O–H groups in total. The van der Waals surface area contributed by atoms with E-state index in [2.05, 4.69) is 313 Å². The van der Waals surface area contributed by atoms with Gasteiger partial charge in [-0.1, -0.05) is 231 Å². The summed E-state index contributed by atoms with van der Waals surface area (Å²) in [6.07, 6.45) is 0. The van der Waals surface area contributed by atoms with E-state index in [1.54, 1.807) is 0 Å². The number of anilines is 6. The summed E-state index contributed by atoms with van der Waals surface area (Å²) < 4.78 is 0. The average molecular weight is 955 g/mol. The van der Waals surface area contributed by atoms with Gasteiger partial charge >= 0.3 is 0 Å². The first-order valence-electron chi connectivity index (χ1n) is 25.9. The van der Waals surface area contributed by atoms with E-state index in [0.717, 1.165) is 34.1 Å². The highest BCUT2D eigenvalue weighted by atomic mass is 15.1. The minimum absolute atomic E-state index is 0.690. The van der Waals surface area contributed by atoms with E-state index in [4.69, 9.17) is 0 Å². The molecule has 0 heterocycles. The lowest BCUT2D eigenvalue weighted by Gasteiger charge is -2.36. The van der Waals surface area contributed by atoms with Gasteiger partial charge in [0.05, 0.1) is 5.41 Å². The maximum absolute atomic E-state index is 2.44. The first kappa shape index (κ1) is 44.0. The molecule has 2 nitrogen and oxygen atoms in total. The summed E-state index contributed by atoms with van der Waals surface area (Å²) in [5, 5.41) is 7.34. The van der Waals surface area contributed by atoms with E-state index >= 15 is 0 Å². The van der Waals surface area contributed by atoms with Crippen LogP contribution in [0.25, 0.3) is 65.7 Å². The van der Waals surface area contributed by atoms with E-state index in [9.17, 15) is 0 Å². The predicted octanol–water partition coefficient (Wildman–Crippen LogP) is 19.8. The van der Waals surface area contributed by atoms with Crippen LogP contribution in [0.2, 0.25) is 0 Å². The van der Waals surface area contributed by atoms with Crippen LogP contribution in [-0.4, -0.2) is 0 Å². The molecule has 13 aromatic rings. The van der Waals surface area contributed by atoms with Crippen molar-refractivity contribution >= 4 is 66.4 Å². The highest BCUT2D eigenvalue weighted by Gasteiger charge is 2.49. The summed E-state index contributed by atoms with van der Waals surface area (Å²) in [6.45, 7) is 0. The maximum atomic E-state index is 2.44. The molecule has 13 aromatic carbocycles. The summed E-state index contributed by atoms with van der Waals surface area (Å²) in [6, 6.07) is 111. The topological polar surface area (TPSA) is 6.48 Å². The van der Waals surface area contributed by atoms with Crippen molar-refractivity contribution in [3.8, 4) is 33.4 Å². The van der Waals surface area contributed by atoms with Gasteiger partial charge in [0, 0.05) is 34.1 Å². The lowest BCUT2D eigenvalue weighted by Crippen LogP contribution is -2.29. The summed E-state index contributed by atoms with van der Waals surface area (Å²) >= 11 is 0. The molecular formula is C73H50N2. The average Bonchev–Trinajstić information content (AvgIpc) is 3.87. The van der Waals surface area contributed by atoms with Crippen LogP contribution in [-0.2, 0) is 5.41 Å². The van der Waals surface area contributed by atoms with Gasteiger partial charge in [-0.25, -0.2) is 0 Å². The number of para-hydroxylation sites is 2. The first-order valence-corrected chi connectivity index (χ1v) is 25.9. The van der Waals surface area contributed by atoms with Crippen molar-refractivity contribution in [1.29, 1.82) is 0 Å². The zero-order valence-corrected chi connectivity index (χ0v) is 41.3. The summed E-state index contributed by atoms with van der Waals surface area (Å²) in [4.78, 5) is 4.80. The van der Waals surface area contributed by atoms with Gasteiger partial charge in [-0.05, 0) is 161 Å². The standard InChI is InChI=1S/C73H50N2/c1-7-23-51(24-8-1)53-27-21-37-60(47-53)74(58-33-15-5-16-34-58)62-42-45-64-55(49-62)41-44-68-70-66-40-20-19-39-65(66)69-50-63(75(59-35-17-6-18-36-59)61-38-22-28-54(48-61)52-25-9-2-10-26-52)43-46-67(69)72(70)73(71(64)68,56-29-11-3-12-30-56)57-31-13-4-14-32-57/h1-50H. The molecule has 0 saturated heterocycles. The fourth-order valence-corrected chi connectivity index (χ4v) is 12.3. The van der Waals surface area contributed by atoms with Crippen LogP contribution in [0.3, 0.4) is 0 Å². The van der Waals surface area contributed by atoms with Gasteiger partial charge in [0.15, 0.2) is 0 Å². The Morgan fingerprint density at radius 2 is 0.640 bits per heavy atom. The molecule has 0 bridgehead atoms. The largest absolute Gasteiger partial charge is 0.310 e. The van der Waals surface area contributed by atoms with E-state index < -0.39 is 5.41 Å². The second-order valence-corrected chi connectivity index (χ2v) is 19.6. The van der Waals surface area contributed by atoms with Crippen molar-refractivity contribution in [1.82, 2.24) is 0 Å².